The molecule has 0 saturated carbocycles. The quantitative estimate of drug-likeness (QED) is 0.751. The zero-order valence-electron chi connectivity index (χ0n) is 9.71. The summed E-state index contributed by atoms with van der Waals surface area (Å²) >= 11 is 0. The van der Waals surface area contributed by atoms with E-state index in [0.717, 1.165) is 30.2 Å². The first-order valence-corrected chi connectivity index (χ1v) is 5.40. The van der Waals surface area contributed by atoms with Crippen LogP contribution in [0.25, 0.3) is 0 Å². The number of nitrogens with zero attached hydrogens (tertiary/aromatic N) is 1. The normalized spacial score (nSPS) is 13.1. The van der Waals surface area contributed by atoms with Crippen molar-refractivity contribution in [2.24, 2.45) is 0 Å². The van der Waals surface area contributed by atoms with E-state index in [1.54, 1.807) is 0 Å². The Balaban J connectivity index is 2.30. The fourth-order valence-electron chi connectivity index (χ4n) is 1.38. The summed E-state index contributed by atoms with van der Waals surface area (Å²) in [5.41, 5.74) is 0.954. The second kappa shape index (κ2) is 5.88. The van der Waals surface area contributed by atoms with Gasteiger partial charge in [0, 0.05) is 12.6 Å². The van der Waals surface area contributed by atoms with Gasteiger partial charge in [-0.15, -0.1) is 0 Å². The average molecular weight is 212 g/mol. The molecule has 1 unspecified atom stereocenters. The maximum Gasteiger partial charge on any atom is 0.208 e. The Morgan fingerprint density at radius 3 is 2.73 bits per heavy atom. The van der Waals surface area contributed by atoms with E-state index >= 15 is 0 Å². The van der Waals surface area contributed by atoms with Gasteiger partial charge in [0.15, 0.2) is 0 Å². The minimum atomic E-state index is 0.253. The number of aromatic nitrogens is 1. The summed E-state index contributed by atoms with van der Waals surface area (Å²) in [6.07, 6.45) is 1.80. The smallest absolute Gasteiger partial charge is 0.208 e. The van der Waals surface area contributed by atoms with E-state index in [9.17, 15) is 0 Å². The molecular formula is C11H20N2O2. The molecule has 1 aromatic rings. The minimum Gasteiger partial charge on any atom is -0.444 e. The Morgan fingerprint density at radius 2 is 2.20 bits per heavy atom. The van der Waals surface area contributed by atoms with Gasteiger partial charge in [-0.3, -0.25) is 0 Å². The van der Waals surface area contributed by atoms with Crippen LogP contribution in [0.1, 0.15) is 37.1 Å². The molecule has 0 aliphatic rings. The van der Waals surface area contributed by atoms with Gasteiger partial charge in [0.1, 0.15) is 5.76 Å². The largest absolute Gasteiger partial charge is 0.444 e. The lowest BCUT2D eigenvalue weighted by atomic mass is 10.2. The van der Waals surface area contributed by atoms with Crippen molar-refractivity contribution >= 4 is 0 Å². The highest BCUT2D eigenvalue weighted by molar-refractivity contribution is 5.05. The van der Waals surface area contributed by atoms with Gasteiger partial charge in [0.2, 0.25) is 5.89 Å². The van der Waals surface area contributed by atoms with Gasteiger partial charge in [-0.05, 0) is 33.6 Å². The van der Waals surface area contributed by atoms with Crippen molar-refractivity contribution in [3.63, 3.8) is 0 Å². The summed E-state index contributed by atoms with van der Waals surface area (Å²) in [7, 11) is 0. The first kappa shape index (κ1) is 12.2. The van der Waals surface area contributed by atoms with Crippen LogP contribution in [0.15, 0.2) is 4.42 Å². The summed E-state index contributed by atoms with van der Waals surface area (Å²) in [4.78, 5) is 4.28. The Hall–Kier alpha value is -0.870. The molecule has 0 amide bonds. The first-order chi connectivity index (χ1) is 7.13. The number of aliphatic hydroxyl groups excluding tert-OH is 1. The highest BCUT2D eigenvalue weighted by Crippen LogP contribution is 2.08. The molecule has 2 N–H and O–H groups in total. The van der Waals surface area contributed by atoms with Crippen LogP contribution in [-0.2, 0) is 6.54 Å². The maximum absolute atomic E-state index is 8.68. The number of aliphatic hydroxyl groups is 1. The van der Waals surface area contributed by atoms with Crippen molar-refractivity contribution in [3.05, 3.63) is 17.3 Å². The molecule has 4 heteroatoms. The molecule has 1 rings (SSSR count). The molecule has 0 saturated heterocycles. The monoisotopic (exact) mass is 212 g/mol. The standard InChI is InChI=1S/C11H20N2O2/c1-8(5-4-6-14)12-7-11-13-9(2)10(3)15-11/h8,12,14H,4-7H2,1-3H3. The van der Waals surface area contributed by atoms with E-state index in [0.29, 0.717) is 12.6 Å². The van der Waals surface area contributed by atoms with Gasteiger partial charge >= 0.3 is 0 Å². The molecule has 0 fully saturated rings. The number of hydrogen-bond donors (Lipinski definition) is 2. The average Bonchev–Trinajstić information content (AvgIpc) is 2.52. The van der Waals surface area contributed by atoms with Crippen molar-refractivity contribution in [2.75, 3.05) is 6.61 Å². The van der Waals surface area contributed by atoms with Crippen molar-refractivity contribution < 1.29 is 9.52 Å². The van der Waals surface area contributed by atoms with E-state index in [2.05, 4.69) is 17.2 Å². The van der Waals surface area contributed by atoms with Crippen LogP contribution in [-0.4, -0.2) is 22.7 Å². The van der Waals surface area contributed by atoms with Crippen LogP contribution < -0.4 is 5.32 Å². The lowest BCUT2D eigenvalue weighted by molar-refractivity contribution is 0.275. The van der Waals surface area contributed by atoms with E-state index in [1.807, 2.05) is 13.8 Å². The second-order valence-corrected chi connectivity index (χ2v) is 3.90. The van der Waals surface area contributed by atoms with Gasteiger partial charge in [-0.2, -0.15) is 0 Å². The zero-order chi connectivity index (χ0) is 11.3. The Kier molecular flexibility index (Phi) is 4.78. The second-order valence-electron chi connectivity index (χ2n) is 3.90. The summed E-state index contributed by atoms with van der Waals surface area (Å²) in [6.45, 7) is 6.86. The van der Waals surface area contributed by atoms with E-state index in [1.165, 1.54) is 0 Å². The third kappa shape index (κ3) is 4.01. The molecule has 0 aliphatic heterocycles. The summed E-state index contributed by atoms with van der Waals surface area (Å²) in [5.74, 6) is 1.62. The molecule has 1 heterocycles. The van der Waals surface area contributed by atoms with E-state index in [4.69, 9.17) is 9.52 Å². The van der Waals surface area contributed by atoms with E-state index < -0.39 is 0 Å². The molecule has 1 aromatic heterocycles. The SMILES string of the molecule is Cc1nc(CNC(C)CCCO)oc1C. The third-order valence-corrected chi connectivity index (χ3v) is 2.47. The van der Waals surface area contributed by atoms with Gasteiger partial charge < -0.3 is 14.8 Å². The van der Waals surface area contributed by atoms with Gasteiger partial charge in [-0.1, -0.05) is 0 Å². The highest BCUT2D eigenvalue weighted by Gasteiger charge is 2.06. The Labute approximate surface area is 90.7 Å². The lowest BCUT2D eigenvalue weighted by Gasteiger charge is -2.10. The van der Waals surface area contributed by atoms with Crippen molar-refractivity contribution in [1.82, 2.24) is 10.3 Å². The molecule has 0 aliphatic carbocycles. The van der Waals surface area contributed by atoms with Gasteiger partial charge in [0.05, 0.1) is 12.2 Å². The van der Waals surface area contributed by atoms with Gasteiger partial charge in [-0.25, -0.2) is 4.98 Å². The third-order valence-electron chi connectivity index (χ3n) is 2.47. The number of hydrogen-bond acceptors (Lipinski definition) is 4. The predicted octanol–water partition coefficient (Wildman–Crippen LogP) is 1.54. The fourth-order valence-corrected chi connectivity index (χ4v) is 1.38. The highest BCUT2D eigenvalue weighted by atomic mass is 16.4. The molecule has 15 heavy (non-hydrogen) atoms. The molecule has 0 bridgehead atoms. The lowest BCUT2D eigenvalue weighted by Crippen LogP contribution is -2.25. The maximum atomic E-state index is 8.68. The Morgan fingerprint density at radius 1 is 1.47 bits per heavy atom. The van der Waals surface area contributed by atoms with Crippen LogP contribution in [0.4, 0.5) is 0 Å². The molecule has 0 aromatic carbocycles. The number of rotatable bonds is 6. The molecule has 4 nitrogen and oxygen atoms in total. The molecule has 0 spiro atoms. The topological polar surface area (TPSA) is 58.3 Å². The molecule has 86 valence electrons. The predicted molar refractivity (Wildman–Crippen MR) is 58.6 cm³/mol. The minimum absolute atomic E-state index is 0.253. The Bertz CT molecular complexity index is 277. The van der Waals surface area contributed by atoms with Crippen LogP contribution in [0, 0.1) is 13.8 Å². The number of oxazole rings is 1. The number of aryl methyl sites for hydroxylation is 2. The molecule has 1 atom stereocenters. The van der Waals surface area contributed by atoms with Crippen molar-refractivity contribution in [2.45, 2.75) is 46.2 Å². The van der Waals surface area contributed by atoms with Crippen LogP contribution in [0.3, 0.4) is 0 Å². The summed E-state index contributed by atoms with van der Waals surface area (Å²) in [5, 5.41) is 12.0. The summed E-state index contributed by atoms with van der Waals surface area (Å²) < 4.78 is 5.45. The summed E-state index contributed by atoms with van der Waals surface area (Å²) in [6, 6.07) is 0.379. The van der Waals surface area contributed by atoms with Crippen molar-refractivity contribution in [3.8, 4) is 0 Å². The van der Waals surface area contributed by atoms with Crippen LogP contribution in [0.2, 0.25) is 0 Å². The first-order valence-electron chi connectivity index (χ1n) is 5.40. The fraction of sp³-hybridized carbons (Fsp3) is 0.727. The van der Waals surface area contributed by atoms with Crippen molar-refractivity contribution in [1.29, 1.82) is 0 Å². The molecular weight excluding hydrogens is 192 g/mol. The van der Waals surface area contributed by atoms with Crippen LogP contribution >= 0.6 is 0 Å². The zero-order valence-corrected chi connectivity index (χ0v) is 9.71. The van der Waals surface area contributed by atoms with Crippen LogP contribution in [0.5, 0.6) is 0 Å². The number of nitrogens with one attached hydrogen (secondary N) is 1. The van der Waals surface area contributed by atoms with Gasteiger partial charge in [0.25, 0.3) is 0 Å². The van der Waals surface area contributed by atoms with E-state index in [-0.39, 0.29) is 6.61 Å². The molecule has 0 radical (unpaired) electrons.